The van der Waals surface area contributed by atoms with Gasteiger partial charge in [-0.25, -0.2) is 78.5 Å². The molecule has 20 rings (SSSR count). The molecule has 0 spiro atoms. The first kappa shape index (κ1) is 99.8. The Morgan fingerprint density at radius 2 is 0.801 bits per heavy atom. The molecule has 0 bridgehead atoms. The van der Waals surface area contributed by atoms with Crippen LogP contribution in [0.5, 0.6) is 0 Å². The number of hydrogen-bond acceptors (Lipinski definition) is 35. The summed E-state index contributed by atoms with van der Waals surface area (Å²) in [6.07, 6.45) is 13.8. The van der Waals surface area contributed by atoms with Crippen LogP contribution in [0.3, 0.4) is 0 Å². The normalized spacial score (nSPS) is 13.6. The summed E-state index contributed by atoms with van der Waals surface area (Å²) in [4.78, 5) is 143. The minimum atomic E-state index is -3.75. The number of nitrogens with one attached hydrogen (secondary N) is 3. The second-order valence-electron chi connectivity index (χ2n) is 32.5. The molecule has 0 radical (unpaired) electrons. The number of hydrogen-bond donors (Lipinski definition) is 3. The molecule has 47 heteroatoms. The molecule has 0 amide bonds. The number of aliphatic imine (C=N–C) groups is 1. The highest BCUT2D eigenvalue weighted by Gasteiger charge is 2.29. The van der Waals surface area contributed by atoms with Gasteiger partial charge in [0.1, 0.15) is 95.0 Å². The molecule has 35 nitrogen and oxygen atoms in total. The number of ether oxygens (including phenoxy) is 2. The number of carbonyl (C=O) groups is 4. The summed E-state index contributed by atoms with van der Waals surface area (Å²) in [7, 11) is -15.0. The van der Waals surface area contributed by atoms with Crippen LogP contribution in [-0.2, 0) is 107 Å². The minimum Gasteiger partial charge on any atom is -0.476 e. The lowest BCUT2D eigenvalue weighted by atomic mass is 10.1. The van der Waals surface area contributed by atoms with Crippen LogP contribution < -0.4 is 38.2 Å². The molecule has 0 atom stereocenters. The van der Waals surface area contributed by atoms with E-state index < -0.39 is 85.5 Å². The van der Waals surface area contributed by atoms with Crippen LogP contribution >= 0.6 is 91.8 Å². The molecule has 3 N–H and O–H groups in total. The third-order valence-corrected chi connectivity index (χ3v) is 36.5. The minimum absolute atomic E-state index is 0.0587. The lowest BCUT2D eigenvalue weighted by Crippen LogP contribution is -2.37. The van der Waals surface area contributed by atoms with Crippen molar-refractivity contribution in [1.29, 1.82) is 0 Å². The number of anilines is 3. The van der Waals surface area contributed by atoms with Crippen LogP contribution in [0.4, 0.5) is 17.1 Å². The first-order valence-electron chi connectivity index (χ1n) is 43.3. The number of nitrogens with zero attached hydrogens (tertiary/aromatic N) is 14. The van der Waals surface area contributed by atoms with Crippen molar-refractivity contribution in [1.82, 2.24) is 63.0 Å². The molecule has 4 aromatic carbocycles. The highest BCUT2D eigenvalue weighted by Crippen LogP contribution is 2.34. The van der Waals surface area contributed by atoms with Gasteiger partial charge in [-0.2, -0.15) is 0 Å². The number of halogens is 4. The summed E-state index contributed by atoms with van der Waals surface area (Å²) in [5.41, 5.74) is 9.33. The van der Waals surface area contributed by atoms with Gasteiger partial charge >= 0.3 is 0 Å². The van der Waals surface area contributed by atoms with Crippen LogP contribution in [0.25, 0.3) is 66.9 Å². The maximum Gasteiger partial charge on any atom is 0.266 e. The molecule has 0 saturated carbocycles. The molecule has 12 aromatic heterocycles. The molecule has 4 aliphatic rings. The van der Waals surface area contributed by atoms with E-state index in [0.717, 1.165) is 151 Å². The van der Waals surface area contributed by atoms with Crippen LogP contribution in [0, 0.1) is 0 Å². The Kier molecular flexibility index (Phi) is 30.7. The topological polar surface area (TPSA) is 466 Å². The summed E-state index contributed by atoms with van der Waals surface area (Å²) in [6, 6.07) is 42.6. The van der Waals surface area contributed by atoms with Crippen LogP contribution in [0.2, 0.25) is 17.3 Å². The first-order valence-corrected chi connectivity index (χ1v) is 54.7. The zero-order valence-corrected chi connectivity index (χ0v) is 83.4. The summed E-state index contributed by atoms with van der Waals surface area (Å²) < 4.78 is 117. The van der Waals surface area contributed by atoms with Crippen LogP contribution in [-0.4, -0.2) is 214 Å². The van der Waals surface area contributed by atoms with Gasteiger partial charge in [0.2, 0.25) is 5.90 Å². The number of carbonyl (C=O) groups excluding carboxylic acids is 4. The third-order valence-electron chi connectivity index (χ3n) is 22.5. The van der Waals surface area contributed by atoms with Crippen LogP contribution in [0.15, 0.2) is 249 Å². The highest BCUT2D eigenvalue weighted by molar-refractivity contribution is 7.95. The van der Waals surface area contributed by atoms with Crippen molar-refractivity contribution in [2.75, 3.05) is 105 Å². The van der Waals surface area contributed by atoms with E-state index in [1.807, 2.05) is 30.3 Å². The number of ketones is 4. The number of morpholine rings is 1. The van der Waals surface area contributed by atoms with E-state index >= 15 is 0 Å². The second kappa shape index (κ2) is 43.4. The summed E-state index contributed by atoms with van der Waals surface area (Å²) in [5, 5.41) is 11.8. The molecule has 16 heterocycles. The molecule has 141 heavy (non-hydrogen) atoms. The fraction of sp³-hybridized carbons (Fsp3) is 0.223. The number of rotatable bonds is 30. The first-order chi connectivity index (χ1) is 67.7. The summed E-state index contributed by atoms with van der Waals surface area (Å²) in [5.74, 6) is -2.37. The number of aromatic nitrogens is 12. The van der Waals surface area contributed by atoms with E-state index in [1.54, 1.807) is 78.9 Å². The van der Waals surface area contributed by atoms with E-state index in [-0.39, 0.29) is 64.8 Å². The van der Waals surface area contributed by atoms with Crippen molar-refractivity contribution in [3.05, 3.63) is 306 Å². The highest BCUT2D eigenvalue weighted by atomic mass is 35.5. The lowest BCUT2D eigenvalue weighted by Gasteiger charge is -2.26. The fourth-order valence-electron chi connectivity index (χ4n) is 15.7. The van der Waals surface area contributed by atoms with Crippen molar-refractivity contribution >= 4 is 221 Å². The largest absolute Gasteiger partial charge is 0.476 e. The van der Waals surface area contributed by atoms with E-state index in [2.05, 4.69) is 65.7 Å². The van der Waals surface area contributed by atoms with E-state index in [4.69, 9.17) is 55.9 Å². The predicted molar refractivity (Wildman–Crippen MR) is 543 cm³/mol. The Morgan fingerprint density at radius 1 is 0.404 bits per heavy atom. The van der Waals surface area contributed by atoms with Gasteiger partial charge in [-0.15, -0.1) is 45.3 Å². The molecule has 16 aromatic rings. The monoisotopic (exact) mass is 2130 g/mol. The van der Waals surface area contributed by atoms with Crippen molar-refractivity contribution in [3.8, 4) is 23.3 Å². The van der Waals surface area contributed by atoms with Crippen molar-refractivity contribution in [2.45, 2.75) is 61.8 Å². The fourth-order valence-corrected chi connectivity index (χ4v) is 26.9. The maximum absolute atomic E-state index is 13.1. The van der Waals surface area contributed by atoms with Gasteiger partial charge in [0, 0.05) is 111 Å². The molecule has 4 aliphatic heterocycles. The molecular weight excluding hydrogens is 2050 g/mol. The number of sulfone groups is 4. The Morgan fingerprint density at radius 3 is 1.22 bits per heavy atom. The summed E-state index contributed by atoms with van der Waals surface area (Å²) in [6.45, 7) is 8.15. The number of thiophene rings is 4. The van der Waals surface area contributed by atoms with Gasteiger partial charge in [0.05, 0.1) is 80.7 Å². The average Bonchev–Trinajstić information content (AvgIpc) is 1.75. The molecule has 724 valence electrons. The SMILES string of the molecule is O=C(Cc1ccc(-n2cnc3c4c(ccc3c2=O)NCC4)nc1)CS(=O)(=O)c1ccc(Cl)s1.O=C(Cc1ccc(-n2cnc3cc(C4=NCCO4)ccc3c2=O)nc1)CS(=O)(=O)c1ccc(Cl)s1.O=C(Cc1ccc(-n2cnc3cc(NCCCN4CCOCC4)ccc3c2=O)nc1)CS(=O)(=O)c1ccc(Cl)s1.O=C(Cc1ccc(-n2cnc3cc4c(cc3c2=O)CCN4)nc1)CS(=O)(=O)c1ccc(Cl)s1. The second-order valence-corrected chi connectivity index (χ2v) is 48.2. The third kappa shape index (κ3) is 24.0. The van der Waals surface area contributed by atoms with Crippen molar-refractivity contribution < 1.29 is 62.3 Å². The molecule has 1 saturated heterocycles. The van der Waals surface area contributed by atoms with Gasteiger partial charge < -0.3 is 25.4 Å². The van der Waals surface area contributed by atoms with E-state index in [0.29, 0.717) is 126 Å². The predicted octanol–water partition coefficient (Wildman–Crippen LogP) is 12.2. The molecule has 0 unspecified atom stereocenters. The van der Waals surface area contributed by atoms with Gasteiger partial charge in [-0.1, -0.05) is 70.7 Å². The van der Waals surface area contributed by atoms with Gasteiger partial charge in [-0.3, -0.25) is 61.5 Å². The number of Topliss-reactive ketones (excluding diaryl/α,β-unsaturated/α-hetero) is 4. The molecule has 1 fully saturated rings. The van der Waals surface area contributed by atoms with Crippen molar-refractivity contribution in [2.24, 2.45) is 4.99 Å². The zero-order valence-electron chi connectivity index (χ0n) is 73.9. The Balaban J connectivity index is 0.000000130. The lowest BCUT2D eigenvalue weighted by molar-refractivity contribution is -0.116. The zero-order chi connectivity index (χ0) is 99.0. The number of pyridine rings is 4. The summed E-state index contributed by atoms with van der Waals surface area (Å²) >= 11 is 26.9. The Bertz CT molecular complexity index is 8220. The van der Waals surface area contributed by atoms with Crippen molar-refractivity contribution in [3.63, 3.8) is 0 Å². The average molecular weight is 2130 g/mol. The van der Waals surface area contributed by atoms with Gasteiger partial charge in [0.15, 0.2) is 62.5 Å². The Hall–Kier alpha value is -12.7. The number of fused-ring (bicyclic) bond motifs is 7. The molecular formula is C94H79Cl4N17O18S8. The van der Waals surface area contributed by atoms with Crippen LogP contribution in [0.1, 0.15) is 45.4 Å². The standard InChI is InChI=1S/C27H28ClN5O5S2.C23H17ClN4O5S2.2C22H17ClN4O4S2/c28-24-5-7-26(39-24)40(36,37)17-21(34)14-19-2-6-25(30-16-19)33-18-31-23-15-20(3-4-22(23)27(33)35)29-8-1-9-32-10-12-38-13-11-32;24-19-4-6-21(34-19)35(31,32)12-16(29)9-14-1-5-20(26-11-14)28-13-27-18-10-15(22-25-7-8-33-22)2-3-17(18)23(28)30;23-18-4-6-20(32-18)33(30,31)11-14(28)9-13-1-5-19(25-10-13)27-12-26-21-15-7-8-24-17(15)3-2-16(21)22(27)29;23-19-2-4-21(32-19)33(30,31)11-15(28)7-13-1-3-20(25-10-13)27-12-26-18-9-17-14(5-6-24-17)8-16(18)22(27)29/h2-7,15-16,18,29H,1,8-14,17H2;1-6,10-11,13H,7-9,12H2;1-6,10,12,24H,7-9,11H2;1-4,8-10,12,24H,5-7,11H2. The van der Waals surface area contributed by atoms with E-state index in [9.17, 15) is 72.0 Å². The van der Waals surface area contributed by atoms with Gasteiger partial charge in [-0.05, 0) is 187 Å². The quantitative estimate of drug-likeness (QED) is 0.0352. The maximum atomic E-state index is 13.1. The van der Waals surface area contributed by atoms with E-state index in [1.165, 1.54) is 117 Å². The molecule has 0 aliphatic carbocycles. The number of benzene rings is 4. The van der Waals surface area contributed by atoms with Gasteiger partial charge in [0.25, 0.3) is 22.2 Å². The Labute approximate surface area is 839 Å². The smallest absolute Gasteiger partial charge is 0.266 e.